The van der Waals surface area contributed by atoms with E-state index in [9.17, 15) is 4.79 Å². The minimum absolute atomic E-state index is 0.310. The molecule has 2 rings (SSSR count). The summed E-state index contributed by atoms with van der Waals surface area (Å²) in [5, 5.41) is 0. The van der Waals surface area contributed by atoms with E-state index < -0.39 is 5.60 Å². The van der Waals surface area contributed by atoms with Crippen molar-refractivity contribution in [1.29, 1.82) is 0 Å². The highest BCUT2D eigenvalue weighted by Crippen LogP contribution is 2.31. The molecular weight excluding hydrogens is 226 g/mol. The molecule has 1 aromatic rings. The maximum Gasteiger partial charge on any atom is 0.414 e. The molecule has 0 spiro atoms. The Morgan fingerprint density at radius 1 is 1.44 bits per heavy atom. The van der Waals surface area contributed by atoms with E-state index in [1.807, 2.05) is 39.0 Å². The van der Waals surface area contributed by atoms with Gasteiger partial charge in [0.2, 0.25) is 0 Å². The van der Waals surface area contributed by atoms with Gasteiger partial charge in [0.1, 0.15) is 5.60 Å². The second kappa shape index (κ2) is 4.38. The molecule has 0 aliphatic carbocycles. The zero-order valence-corrected chi connectivity index (χ0v) is 11.0. The molecule has 0 saturated carbocycles. The monoisotopic (exact) mass is 243 g/mol. The summed E-state index contributed by atoms with van der Waals surface area (Å²) in [6.07, 6.45) is 5.94. The number of amides is 1. The predicted molar refractivity (Wildman–Crippen MR) is 71.7 cm³/mol. The summed E-state index contributed by atoms with van der Waals surface area (Å²) >= 11 is 0. The highest BCUT2D eigenvalue weighted by atomic mass is 16.6. The van der Waals surface area contributed by atoms with Crippen LogP contribution in [0.3, 0.4) is 0 Å². The average Bonchev–Trinajstić information content (AvgIpc) is 2.69. The minimum atomic E-state index is -0.483. The summed E-state index contributed by atoms with van der Waals surface area (Å²) in [6, 6.07) is 5.68. The summed E-state index contributed by atoms with van der Waals surface area (Å²) < 4.78 is 5.39. The first kappa shape index (κ1) is 12.5. The van der Waals surface area contributed by atoms with Crippen molar-refractivity contribution in [3.8, 4) is 12.3 Å². The molecule has 0 radical (unpaired) electrons. The van der Waals surface area contributed by atoms with Gasteiger partial charge >= 0.3 is 6.09 Å². The molecule has 0 aromatic heterocycles. The van der Waals surface area contributed by atoms with E-state index >= 15 is 0 Å². The third-order valence-electron chi connectivity index (χ3n) is 2.80. The smallest absolute Gasteiger partial charge is 0.414 e. The lowest BCUT2D eigenvalue weighted by molar-refractivity contribution is 0.0584. The fraction of sp³-hybridized carbons (Fsp3) is 0.400. The number of fused-ring (bicyclic) bond motifs is 1. The molecule has 1 amide bonds. The van der Waals surface area contributed by atoms with E-state index in [0.717, 1.165) is 23.2 Å². The molecule has 3 heteroatoms. The largest absolute Gasteiger partial charge is 0.443 e. The molecule has 0 atom stereocenters. The van der Waals surface area contributed by atoms with Crippen LogP contribution >= 0.6 is 0 Å². The van der Waals surface area contributed by atoms with Crippen LogP contribution < -0.4 is 4.90 Å². The van der Waals surface area contributed by atoms with Crippen molar-refractivity contribution in [1.82, 2.24) is 0 Å². The molecule has 0 saturated heterocycles. The van der Waals surface area contributed by atoms with Crippen LogP contribution in [0.5, 0.6) is 0 Å². The summed E-state index contributed by atoms with van der Waals surface area (Å²) in [5.41, 5.74) is 2.31. The Kier molecular flexibility index (Phi) is 3.04. The Hall–Kier alpha value is -1.95. The number of ether oxygens (including phenoxy) is 1. The standard InChI is InChI=1S/C15H17NO2/c1-5-11-7-6-8-13-12(11)9-10-16(13)14(17)18-15(2,3)4/h1,6-8H,9-10H2,2-4H3. The van der Waals surface area contributed by atoms with Gasteiger partial charge in [0.05, 0.1) is 5.69 Å². The van der Waals surface area contributed by atoms with Crippen LogP contribution in [0.2, 0.25) is 0 Å². The maximum absolute atomic E-state index is 12.1. The van der Waals surface area contributed by atoms with Crippen LogP contribution in [0.25, 0.3) is 0 Å². The third kappa shape index (κ3) is 2.33. The molecule has 18 heavy (non-hydrogen) atoms. The number of hydrogen-bond donors (Lipinski definition) is 0. The van der Waals surface area contributed by atoms with Gasteiger partial charge in [-0.3, -0.25) is 4.90 Å². The lowest BCUT2D eigenvalue weighted by atomic mass is 10.1. The first-order chi connectivity index (χ1) is 8.42. The summed E-state index contributed by atoms with van der Waals surface area (Å²) in [7, 11) is 0. The van der Waals surface area contributed by atoms with E-state index in [1.54, 1.807) is 4.90 Å². The van der Waals surface area contributed by atoms with E-state index in [-0.39, 0.29) is 6.09 Å². The fourth-order valence-corrected chi connectivity index (χ4v) is 2.08. The lowest BCUT2D eigenvalue weighted by Gasteiger charge is -2.24. The second-order valence-electron chi connectivity index (χ2n) is 5.33. The van der Waals surface area contributed by atoms with Crippen molar-refractivity contribution in [3.05, 3.63) is 29.3 Å². The first-order valence-electron chi connectivity index (χ1n) is 6.01. The minimum Gasteiger partial charge on any atom is -0.443 e. The first-order valence-corrected chi connectivity index (χ1v) is 6.01. The van der Waals surface area contributed by atoms with E-state index in [1.165, 1.54) is 0 Å². The number of benzene rings is 1. The molecule has 94 valence electrons. The number of rotatable bonds is 0. The summed E-state index contributed by atoms with van der Waals surface area (Å²) in [6.45, 7) is 6.21. The van der Waals surface area contributed by atoms with Gasteiger partial charge in [-0.25, -0.2) is 4.79 Å². The van der Waals surface area contributed by atoms with Gasteiger partial charge in [0.15, 0.2) is 0 Å². The molecule has 1 heterocycles. The van der Waals surface area contributed by atoms with Gasteiger partial charge in [0.25, 0.3) is 0 Å². The topological polar surface area (TPSA) is 29.5 Å². The van der Waals surface area contributed by atoms with Gasteiger partial charge in [-0.05, 0) is 44.9 Å². The van der Waals surface area contributed by atoms with Crippen LogP contribution in [-0.2, 0) is 11.2 Å². The highest BCUT2D eigenvalue weighted by molar-refractivity contribution is 5.91. The Bertz CT molecular complexity index is 520. The number of carbonyl (C=O) groups is 1. The molecule has 0 N–H and O–H groups in total. The molecule has 0 bridgehead atoms. The van der Waals surface area contributed by atoms with Crippen molar-refractivity contribution >= 4 is 11.8 Å². The zero-order valence-electron chi connectivity index (χ0n) is 11.0. The summed E-state index contributed by atoms with van der Waals surface area (Å²) in [4.78, 5) is 13.7. The zero-order chi connectivity index (χ0) is 13.3. The van der Waals surface area contributed by atoms with E-state index in [2.05, 4.69) is 5.92 Å². The molecule has 1 aliphatic rings. The maximum atomic E-state index is 12.1. The van der Waals surface area contributed by atoms with Crippen molar-refractivity contribution in [2.45, 2.75) is 32.8 Å². The van der Waals surface area contributed by atoms with Crippen LogP contribution in [0.1, 0.15) is 31.9 Å². The SMILES string of the molecule is C#Cc1cccc2c1CCN2C(=O)OC(C)(C)C. The molecule has 0 fully saturated rings. The number of anilines is 1. The fourth-order valence-electron chi connectivity index (χ4n) is 2.08. The van der Waals surface area contributed by atoms with Gasteiger partial charge in [-0.15, -0.1) is 6.42 Å². The molecule has 0 unspecified atom stereocenters. The van der Waals surface area contributed by atoms with Gasteiger partial charge in [0, 0.05) is 12.1 Å². The van der Waals surface area contributed by atoms with Gasteiger partial charge in [-0.2, -0.15) is 0 Å². The number of terminal acetylenes is 1. The Morgan fingerprint density at radius 3 is 2.78 bits per heavy atom. The molecule has 1 aromatic carbocycles. The van der Waals surface area contributed by atoms with Crippen LogP contribution in [0.15, 0.2) is 18.2 Å². The lowest BCUT2D eigenvalue weighted by Crippen LogP contribution is -2.35. The number of hydrogen-bond acceptors (Lipinski definition) is 2. The van der Waals surface area contributed by atoms with Crippen LogP contribution in [0.4, 0.5) is 10.5 Å². The third-order valence-corrected chi connectivity index (χ3v) is 2.80. The Morgan fingerprint density at radius 2 is 2.17 bits per heavy atom. The van der Waals surface area contributed by atoms with E-state index in [0.29, 0.717) is 6.54 Å². The normalized spacial score (nSPS) is 14.0. The van der Waals surface area contributed by atoms with Crippen LogP contribution in [0, 0.1) is 12.3 Å². The molecule has 3 nitrogen and oxygen atoms in total. The number of nitrogens with zero attached hydrogens (tertiary/aromatic N) is 1. The Balaban J connectivity index is 2.28. The quantitative estimate of drug-likeness (QED) is 0.656. The van der Waals surface area contributed by atoms with Crippen LogP contribution in [-0.4, -0.2) is 18.2 Å². The van der Waals surface area contributed by atoms with Crippen molar-refractivity contribution in [2.75, 3.05) is 11.4 Å². The predicted octanol–water partition coefficient (Wildman–Crippen LogP) is 2.97. The van der Waals surface area contributed by atoms with Crippen molar-refractivity contribution in [2.24, 2.45) is 0 Å². The average molecular weight is 243 g/mol. The van der Waals surface area contributed by atoms with Crippen molar-refractivity contribution in [3.63, 3.8) is 0 Å². The number of carbonyl (C=O) groups excluding carboxylic acids is 1. The summed E-state index contributed by atoms with van der Waals surface area (Å²) in [5.74, 6) is 2.66. The highest BCUT2D eigenvalue weighted by Gasteiger charge is 2.29. The van der Waals surface area contributed by atoms with Gasteiger partial charge in [-0.1, -0.05) is 12.0 Å². The Labute approximate surface area is 108 Å². The second-order valence-corrected chi connectivity index (χ2v) is 5.33. The molecule has 1 aliphatic heterocycles. The van der Waals surface area contributed by atoms with Crippen molar-refractivity contribution < 1.29 is 9.53 Å². The van der Waals surface area contributed by atoms with E-state index in [4.69, 9.17) is 11.2 Å². The van der Waals surface area contributed by atoms with Gasteiger partial charge < -0.3 is 4.74 Å². The molecular formula is C15H17NO2.